The van der Waals surface area contributed by atoms with Crippen molar-refractivity contribution in [3.05, 3.63) is 21.5 Å². The van der Waals surface area contributed by atoms with Gasteiger partial charge < -0.3 is 0 Å². The zero-order valence-electron chi connectivity index (χ0n) is 4.44. The van der Waals surface area contributed by atoms with Gasteiger partial charge in [-0.1, -0.05) is 0 Å². The predicted octanol–water partition coefficient (Wildman–Crippen LogP) is 1.96. The fourth-order valence-electron chi connectivity index (χ4n) is 0.633. The van der Waals surface area contributed by atoms with Gasteiger partial charge in [0.1, 0.15) is 0 Å². The summed E-state index contributed by atoms with van der Waals surface area (Å²) in [6.07, 6.45) is 7.94. The molecule has 0 aliphatic heterocycles. The van der Waals surface area contributed by atoms with Crippen LogP contribution >= 0.6 is 0 Å². The first-order valence-corrected chi connectivity index (χ1v) is 6.15. The molecule has 0 atom stereocenters. The molecule has 7 heavy (non-hydrogen) atoms. The molecule has 1 aliphatic carbocycles. The molecule has 0 bridgehead atoms. The van der Waals surface area contributed by atoms with Gasteiger partial charge in [-0.2, -0.15) is 0 Å². The average Bonchev–Trinajstić information content (AvgIpc) is 2.14. The molecular weight excluding hydrogens is 163 g/mol. The maximum atomic E-state index is 2.36. The summed E-state index contributed by atoms with van der Waals surface area (Å²) in [7, 11) is 0. The quantitative estimate of drug-likeness (QED) is 0.566. The summed E-state index contributed by atoms with van der Waals surface area (Å²) in [4.78, 5) is 0. The second kappa shape index (κ2) is 2.62. The Morgan fingerprint density at radius 1 is 1.71 bits per heavy atom. The van der Waals surface area contributed by atoms with Crippen LogP contribution in [0.2, 0.25) is 4.63 Å². The molecule has 0 aromatic heterocycles. The first-order valence-electron chi connectivity index (χ1n) is 2.47. The van der Waals surface area contributed by atoms with Crippen LogP contribution in [0.3, 0.4) is 0 Å². The molecule has 0 unspecified atom stereocenters. The van der Waals surface area contributed by atoms with E-state index in [1.807, 2.05) is 0 Å². The molecule has 0 aromatic rings. The van der Waals surface area contributed by atoms with E-state index in [4.69, 9.17) is 0 Å². The summed E-state index contributed by atoms with van der Waals surface area (Å²) >= 11 is -0.0408. The van der Waals surface area contributed by atoms with Crippen molar-refractivity contribution in [1.82, 2.24) is 0 Å². The number of allylic oxidation sites excluding steroid dienone is 4. The minimum atomic E-state index is -0.0408. The van der Waals surface area contributed by atoms with Crippen LogP contribution in [0.25, 0.3) is 0 Å². The summed E-state index contributed by atoms with van der Waals surface area (Å²) in [6, 6.07) is 0. The van der Waals surface area contributed by atoms with E-state index in [1.165, 1.54) is 6.42 Å². The molecular formula is C6H8Zr. The van der Waals surface area contributed by atoms with E-state index in [0.29, 0.717) is 0 Å². The number of rotatable bonds is 1. The molecule has 36 valence electrons. The molecule has 0 nitrogen and oxygen atoms in total. The van der Waals surface area contributed by atoms with Crippen molar-refractivity contribution in [2.24, 2.45) is 0 Å². The first kappa shape index (κ1) is 5.50. The molecule has 0 spiro atoms. The van der Waals surface area contributed by atoms with Gasteiger partial charge in [0.05, 0.1) is 0 Å². The molecule has 0 N–H and O–H groups in total. The monoisotopic (exact) mass is 170 g/mol. The van der Waals surface area contributed by atoms with Crippen LogP contribution in [-0.2, 0) is 23.2 Å². The van der Waals surface area contributed by atoms with Crippen LogP contribution in [-0.4, -0.2) is 0 Å². The Kier molecular flexibility index (Phi) is 2.06. The standard InChI is InChI=1S/C5H5.CH3.Zr/c1-2-4-5-3-1;;/h1-3H,4H2;1H3;. The Bertz CT molecular complexity index is 111. The third-order valence-electron chi connectivity index (χ3n) is 1.09. The zero-order chi connectivity index (χ0) is 5.11. The van der Waals surface area contributed by atoms with Crippen molar-refractivity contribution in [2.45, 2.75) is 11.1 Å². The Balaban J connectivity index is 2.45. The number of hydrogen-bond donors (Lipinski definition) is 0. The van der Waals surface area contributed by atoms with Crippen molar-refractivity contribution in [1.29, 1.82) is 0 Å². The van der Waals surface area contributed by atoms with Gasteiger partial charge in [-0.15, -0.1) is 0 Å². The van der Waals surface area contributed by atoms with Gasteiger partial charge in [0.2, 0.25) is 0 Å². The minimum absolute atomic E-state index is 0.0408. The molecule has 1 heteroatoms. The van der Waals surface area contributed by atoms with Crippen molar-refractivity contribution >= 4 is 0 Å². The van der Waals surface area contributed by atoms with Gasteiger partial charge in [0.15, 0.2) is 0 Å². The first-order chi connectivity index (χ1) is 3.43. The van der Waals surface area contributed by atoms with Gasteiger partial charge in [0, 0.05) is 0 Å². The summed E-state index contributed by atoms with van der Waals surface area (Å²) in [5, 5.41) is 0. The van der Waals surface area contributed by atoms with E-state index in [0.717, 1.165) is 0 Å². The Hall–Kier alpha value is 0.363. The zero-order valence-corrected chi connectivity index (χ0v) is 6.90. The molecule has 0 aromatic carbocycles. The van der Waals surface area contributed by atoms with Crippen LogP contribution in [0.5, 0.6) is 0 Å². The van der Waals surface area contributed by atoms with Crippen molar-refractivity contribution in [3.63, 3.8) is 0 Å². The molecule has 0 heterocycles. The van der Waals surface area contributed by atoms with Gasteiger partial charge in [-0.3, -0.25) is 0 Å². The summed E-state index contributed by atoms with van der Waals surface area (Å²) in [5.74, 6) is 0. The molecule has 1 aliphatic rings. The van der Waals surface area contributed by atoms with Crippen molar-refractivity contribution < 1.29 is 23.2 Å². The summed E-state index contributed by atoms with van der Waals surface area (Å²) in [6.45, 7) is 0. The van der Waals surface area contributed by atoms with E-state index in [2.05, 4.69) is 22.9 Å². The van der Waals surface area contributed by atoms with Gasteiger partial charge >= 0.3 is 55.8 Å². The Labute approximate surface area is 55.9 Å². The van der Waals surface area contributed by atoms with Gasteiger partial charge in [0.25, 0.3) is 0 Å². The molecule has 1 rings (SSSR count). The second-order valence-corrected chi connectivity index (χ2v) is 4.38. The third kappa shape index (κ3) is 1.38. The molecule has 0 fully saturated rings. The third-order valence-corrected chi connectivity index (χ3v) is 3.58. The second-order valence-electron chi connectivity index (χ2n) is 1.57. The molecule has 0 saturated heterocycles. The Morgan fingerprint density at radius 2 is 2.57 bits per heavy atom. The van der Waals surface area contributed by atoms with Gasteiger partial charge in [-0.05, 0) is 0 Å². The average molecular weight is 171 g/mol. The molecule has 0 radical (unpaired) electrons. The van der Waals surface area contributed by atoms with Crippen molar-refractivity contribution in [2.75, 3.05) is 0 Å². The van der Waals surface area contributed by atoms with E-state index in [9.17, 15) is 0 Å². The fraction of sp³-hybridized carbons (Fsp3) is 0.333. The van der Waals surface area contributed by atoms with E-state index >= 15 is 0 Å². The SMILES string of the molecule is [CH3][Zr][C]1=CC=CC1. The maximum absolute atomic E-state index is 2.36. The van der Waals surface area contributed by atoms with Crippen LogP contribution in [0.4, 0.5) is 0 Å². The van der Waals surface area contributed by atoms with Gasteiger partial charge in [-0.25, -0.2) is 0 Å². The van der Waals surface area contributed by atoms with Crippen LogP contribution < -0.4 is 0 Å². The normalized spacial score (nSPS) is 17.0. The van der Waals surface area contributed by atoms with Crippen LogP contribution in [0, 0.1) is 0 Å². The fourth-order valence-corrected chi connectivity index (χ4v) is 2.07. The van der Waals surface area contributed by atoms with E-state index in [-0.39, 0.29) is 23.2 Å². The summed E-state index contributed by atoms with van der Waals surface area (Å²) in [5.41, 5.74) is 0. The number of hydrogen-bond acceptors (Lipinski definition) is 0. The molecule has 0 saturated carbocycles. The van der Waals surface area contributed by atoms with Crippen LogP contribution in [0.15, 0.2) is 21.5 Å². The van der Waals surface area contributed by atoms with Crippen molar-refractivity contribution in [3.8, 4) is 0 Å². The topological polar surface area (TPSA) is 0 Å². The van der Waals surface area contributed by atoms with E-state index in [1.54, 1.807) is 3.28 Å². The van der Waals surface area contributed by atoms with Crippen LogP contribution in [0.1, 0.15) is 6.42 Å². The summed E-state index contributed by atoms with van der Waals surface area (Å²) < 4.78 is 4.09. The molecule has 0 amide bonds. The predicted molar refractivity (Wildman–Crippen MR) is 27.7 cm³/mol. The van der Waals surface area contributed by atoms with E-state index < -0.39 is 0 Å². The Morgan fingerprint density at radius 3 is 2.86 bits per heavy atom.